The predicted octanol–water partition coefficient (Wildman–Crippen LogP) is 8.41. The maximum atomic E-state index is 2.44. The van der Waals surface area contributed by atoms with Crippen LogP contribution in [0.5, 0.6) is 0 Å². The molecule has 0 heterocycles. The molecule has 0 radical (unpaired) electrons. The molecule has 0 amide bonds. The number of aryl methyl sites for hydroxylation is 2. The van der Waals surface area contributed by atoms with E-state index in [4.69, 9.17) is 0 Å². The van der Waals surface area contributed by atoms with Crippen LogP contribution >= 0.6 is 0 Å². The maximum Gasteiger partial charge on any atom is 0.0726 e. The number of hydrogen-bond donors (Lipinski definition) is 0. The first-order valence-corrected chi connectivity index (χ1v) is 12.3. The van der Waals surface area contributed by atoms with Gasteiger partial charge >= 0.3 is 0 Å². The molecule has 1 heteroatoms. The summed E-state index contributed by atoms with van der Waals surface area (Å²) in [5, 5.41) is 0. The molecule has 0 fully saturated rings. The van der Waals surface area contributed by atoms with Crippen molar-refractivity contribution in [1.29, 1.82) is 0 Å². The van der Waals surface area contributed by atoms with Crippen LogP contribution in [0, 0.1) is 13.8 Å². The van der Waals surface area contributed by atoms with E-state index in [-0.39, 0.29) is 5.41 Å². The summed E-state index contributed by atoms with van der Waals surface area (Å²) in [6.45, 7) is 4.34. The largest absolute Gasteiger partial charge is 0.345 e. The lowest BCUT2D eigenvalue weighted by Crippen LogP contribution is -2.26. The van der Waals surface area contributed by atoms with Gasteiger partial charge in [0.15, 0.2) is 0 Å². The fourth-order valence-electron chi connectivity index (χ4n) is 6.58. The average molecular weight is 450 g/mol. The lowest BCUT2D eigenvalue weighted by molar-refractivity contribution is 0.793. The third-order valence-corrected chi connectivity index (χ3v) is 7.96. The van der Waals surface area contributed by atoms with Crippen LogP contribution in [-0.4, -0.2) is 7.05 Å². The Morgan fingerprint density at radius 3 is 1.43 bits per heavy atom. The van der Waals surface area contributed by atoms with Gasteiger partial charge in [-0.25, -0.2) is 0 Å². The molecule has 0 unspecified atom stereocenters. The van der Waals surface area contributed by atoms with Crippen molar-refractivity contribution in [2.75, 3.05) is 11.9 Å². The van der Waals surface area contributed by atoms with Crippen molar-refractivity contribution in [3.63, 3.8) is 0 Å². The van der Waals surface area contributed by atoms with E-state index in [2.05, 4.69) is 135 Å². The Morgan fingerprint density at radius 1 is 0.457 bits per heavy atom. The first-order chi connectivity index (χ1) is 17.1. The van der Waals surface area contributed by atoms with Crippen LogP contribution in [0.15, 0.2) is 109 Å². The Labute approximate surface area is 207 Å². The third-order valence-electron chi connectivity index (χ3n) is 7.96. The van der Waals surface area contributed by atoms with Crippen molar-refractivity contribution in [1.82, 2.24) is 0 Å². The minimum Gasteiger partial charge on any atom is -0.345 e. The van der Waals surface area contributed by atoms with Crippen LogP contribution in [-0.2, 0) is 5.41 Å². The van der Waals surface area contributed by atoms with E-state index in [1.165, 1.54) is 67.0 Å². The van der Waals surface area contributed by atoms with Crippen LogP contribution in [0.2, 0.25) is 0 Å². The molecule has 0 N–H and O–H groups in total. The molecule has 0 bridgehead atoms. The highest BCUT2D eigenvalue weighted by Crippen LogP contribution is 2.63. The van der Waals surface area contributed by atoms with Gasteiger partial charge in [0.2, 0.25) is 0 Å². The lowest BCUT2D eigenvalue weighted by Gasteiger charge is -2.31. The highest BCUT2D eigenvalue weighted by atomic mass is 15.1. The molecule has 0 saturated heterocycles. The minimum atomic E-state index is -0.293. The van der Waals surface area contributed by atoms with E-state index in [0.717, 1.165) is 0 Å². The normalized spacial score (nSPS) is 13.8. The topological polar surface area (TPSA) is 3.24 Å². The number of rotatable bonds is 2. The van der Waals surface area contributed by atoms with Gasteiger partial charge in [-0.3, -0.25) is 0 Å². The zero-order valence-electron chi connectivity index (χ0n) is 20.3. The van der Waals surface area contributed by atoms with Crippen molar-refractivity contribution in [2.24, 2.45) is 0 Å². The SMILES string of the molecule is Cc1cc(C)cc(N(C)c2ccc3c(c2)C2(c4ccccc4-c4ccccc42)c2ccccc2-3)c1. The molecular formula is C34H27N. The summed E-state index contributed by atoms with van der Waals surface area (Å²) in [4.78, 5) is 2.32. The standard InChI is InChI=1S/C34H27N/c1-22-18-23(2)20-25(19-22)35(3)24-16-17-29-28-12-6-9-15-32(28)34(33(29)21-24)30-13-7-4-10-26(30)27-11-5-8-14-31(27)34/h4-21H,1-3H3. The van der Waals surface area contributed by atoms with Crippen LogP contribution in [0.25, 0.3) is 22.3 Å². The average Bonchev–Trinajstić information content (AvgIpc) is 3.35. The van der Waals surface area contributed by atoms with Crippen molar-refractivity contribution < 1.29 is 0 Å². The zero-order valence-corrected chi connectivity index (χ0v) is 20.3. The molecule has 2 aliphatic rings. The van der Waals surface area contributed by atoms with Crippen molar-refractivity contribution >= 4 is 11.4 Å². The second kappa shape index (κ2) is 7.20. The molecule has 0 aliphatic heterocycles. The summed E-state index contributed by atoms with van der Waals surface area (Å²) in [6.07, 6.45) is 0. The minimum absolute atomic E-state index is 0.293. The maximum absolute atomic E-state index is 2.44. The van der Waals surface area contributed by atoms with E-state index >= 15 is 0 Å². The van der Waals surface area contributed by atoms with Crippen LogP contribution in [0.1, 0.15) is 33.4 Å². The monoisotopic (exact) mass is 449 g/mol. The van der Waals surface area contributed by atoms with Crippen molar-refractivity contribution in [2.45, 2.75) is 19.3 Å². The van der Waals surface area contributed by atoms with Gasteiger partial charge in [-0.15, -0.1) is 0 Å². The summed E-state index contributed by atoms with van der Waals surface area (Å²) in [6, 6.07) is 40.8. The van der Waals surface area contributed by atoms with Gasteiger partial charge in [0.05, 0.1) is 5.41 Å². The van der Waals surface area contributed by atoms with Gasteiger partial charge in [0, 0.05) is 18.4 Å². The molecule has 0 saturated carbocycles. The first kappa shape index (κ1) is 20.3. The number of hydrogen-bond acceptors (Lipinski definition) is 1. The van der Waals surface area contributed by atoms with Gasteiger partial charge in [-0.2, -0.15) is 0 Å². The van der Waals surface area contributed by atoms with Crippen LogP contribution in [0.4, 0.5) is 11.4 Å². The fraction of sp³-hybridized carbons (Fsp3) is 0.118. The lowest BCUT2D eigenvalue weighted by atomic mass is 9.70. The molecule has 168 valence electrons. The number of nitrogens with zero attached hydrogens (tertiary/aromatic N) is 1. The Kier molecular flexibility index (Phi) is 4.17. The van der Waals surface area contributed by atoms with E-state index < -0.39 is 0 Å². The quantitative estimate of drug-likeness (QED) is 0.256. The number of fused-ring (bicyclic) bond motifs is 10. The highest BCUT2D eigenvalue weighted by Gasteiger charge is 2.51. The molecule has 5 aromatic rings. The number of anilines is 2. The summed E-state index contributed by atoms with van der Waals surface area (Å²) >= 11 is 0. The smallest absolute Gasteiger partial charge is 0.0726 e. The number of benzene rings is 5. The molecule has 1 spiro atoms. The van der Waals surface area contributed by atoms with Crippen LogP contribution < -0.4 is 4.90 Å². The summed E-state index contributed by atoms with van der Waals surface area (Å²) in [7, 11) is 2.18. The van der Waals surface area contributed by atoms with Crippen molar-refractivity contribution in [3.05, 3.63) is 143 Å². The summed E-state index contributed by atoms with van der Waals surface area (Å²) in [5.41, 5.74) is 15.6. The molecule has 0 atom stereocenters. The van der Waals surface area contributed by atoms with E-state index in [1.54, 1.807) is 0 Å². The van der Waals surface area contributed by atoms with Gasteiger partial charge in [-0.05, 0) is 93.7 Å². The molecule has 2 aliphatic carbocycles. The van der Waals surface area contributed by atoms with E-state index in [9.17, 15) is 0 Å². The molecule has 35 heavy (non-hydrogen) atoms. The molecule has 5 aromatic carbocycles. The first-order valence-electron chi connectivity index (χ1n) is 12.3. The second-order valence-corrected chi connectivity index (χ2v) is 10.0. The molecular weight excluding hydrogens is 422 g/mol. The molecule has 1 nitrogen and oxygen atoms in total. The zero-order chi connectivity index (χ0) is 23.7. The van der Waals surface area contributed by atoms with Gasteiger partial charge in [0.25, 0.3) is 0 Å². The van der Waals surface area contributed by atoms with Gasteiger partial charge in [0.1, 0.15) is 0 Å². The van der Waals surface area contributed by atoms with E-state index in [1.807, 2.05) is 0 Å². The highest BCUT2D eigenvalue weighted by molar-refractivity contribution is 5.95. The van der Waals surface area contributed by atoms with Gasteiger partial charge in [-0.1, -0.05) is 84.9 Å². The summed E-state index contributed by atoms with van der Waals surface area (Å²) < 4.78 is 0. The Hall–Kier alpha value is -4.10. The Morgan fingerprint density at radius 2 is 0.914 bits per heavy atom. The molecule has 7 rings (SSSR count). The molecule has 0 aromatic heterocycles. The predicted molar refractivity (Wildman–Crippen MR) is 147 cm³/mol. The Bertz CT molecular complexity index is 1560. The summed E-state index contributed by atoms with van der Waals surface area (Å²) in [5.74, 6) is 0. The van der Waals surface area contributed by atoms with Crippen LogP contribution in [0.3, 0.4) is 0 Å². The third kappa shape index (κ3) is 2.64. The Balaban J connectivity index is 1.54. The second-order valence-electron chi connectivity index (χ2n) is 10.0. The van der Waals surface area contributed by atoms with Crippen molar-refractivity contribution in [3.8, 4) is 22.3 Å². The van der Waals surface area contributed by atoms with E-state index in [0.29, 0.717) is 0 Å². The van der Waals surface area contributed by atoms with Gasteiger partial charge < -0.3 is 4.90 Å². The fourth-order valence-corrected chi connectivity index (χ4v) is 6.58.